The SMILES string of the molecule is O=C(NC[C@@H](c1ccco1)N1CCCC1)[C@H]1CCCN(C(=O)Cc2ccccc2)C1. The van der Waals surface area contributed by atoms with Crippen molar-refractivity contribution >= 4 is 11.8 Å². The molecule has 160 valence electrons. The van der Waals surface area contributed by atoms with E-state index in [1.807, 2.05) is 47.4 Å². The number of likely N-dealkylation sites (tertiary alicyclic amines) is 2. The molecule has 2 amide bonds. The van der Waals surface area contributed by atoms with Gasteiger partial charge in [0.2, 0.25) is 11.8 Å². The Kier molecular flexibility index (Phi) is 6.84. The Bertz CT molecular complexity index is 815. The van der Waals surface area contributed by atoms with E-state index in [0.29, 0.717) is 19.5 Å². The van der Waals surface area contributed by atoms with Gasteiger partial charge in [-0.05, 0) is 56.5 Å². The first-order chi connectivity index (χ1) is 14.7. The molecule has 2 aliphatic heterocycles. The third-order valence-corrected chi connectivity index (χ3v) is 6.27. The summed E-state index contributed by atoms with van der Waals surface area (Å²) in [5.41, 5.74) is 1.01. The molecule has 2 fully saturated rings. The number of rotatable bonds is 7. The molecule has 2 atom stereocenters. The highest BCUT2D eigenvalue weighted by molar-refractivity contribution is 5.82. The Hall–Kier alpha value is -2.60. The van der Waals surface area contributed by atoms with Gasteiger partial charge in [0.25, 0.3) is 0 Å². The fraction of sp³-hybridized carbons (Fsp3) is 0.500. The van der Waals surface area contributed by atoms with E-state index in [9.17, 15) is 9.59 Å². The van der Waals surface area contributed by atoms with E-state index in [0.717, 1.165) is 43.8 Å². The van der Waals surface area contributed by atoms with Crippen molar-refractivity contribution in [2.75, 3.05) is 32.7 Å². The lowest BCUT2D eigenvalue weighted by Crippen LogP contribution is -2.47. The Labute approximate surface area is 178 Å². The molecule has 6 nitrogen and oxygen atoms in total. The van der Waals surface area contributed by atoms with Crippen molar-refractivity contribution in [3.63, 3.8) is 0 Å². The predicted octanol–water partition coefficient (Wildman–Crippen LogP) is 3.01. The maximum Gasteiger partial charge on any atom is 0.227 e. The van der Waals surface area contributed by atoms with Crippen LogP contribution in [0.5, 0.6) is 0 Å². The first-order valence-corrected chi connectivity index (χ1v) is 11.1. The average molecular weight is 410 g/mol. The van der Waals surface area contributed by atoms with E-state index < -0.39 is 0 Å². The molecule has 2 aromatic rings. The summed E-state index contributed by atoms with van der Waals surface area (Å²) < 4.78 is 5.65. The van der Waals surface area contributed by atoms with Gasteiger partial charge in [-0.1, -0.05) is 30.3 Å². The number of nitrogens with zero attached hydrogens (tertiary/aromatic N) is 2. The van der Waals surface area contributed by atoms with Gasteiger partial charge in [0.15, 0.2) is 0 Å². The minimum absolute atomic E-state index is 0.0444. The third kappa shape index (κ3) is 5.11. The topological polar surface area (TPSA) is 65.8 Å². The Morgan fingerprint density at radius 1 is 1.03 bits per heavy atom. The minimum Gasteiger partial charge on any atom is -0.468 e. The molecule has 3 heterocycles. The van der Waals surface area contributed by atoms with Gasteiger partial charge in [-0.2, -0.15) is 0 Å². The number of carbonyl (C=O) groups is 2. The number of hydrogen-bond donors (Lipinski definition) is 1. The van der Waals surface area contributed by atoms with Crippen LogP contribution in [0.25, 0.3) is 0 Å². The van der Waals surface area contributed by atoms with Gasteiger partial charge in [0, 0.05) is 19.6 Å². The molecule has 0 saturated carbocycles. The van der Waals surface area contributed by atoms with E-state index in [2.05, 4.69) is 10.2 Å². The molecule has 0 unspecified atom stereocenters. The lowest BCUT2D eigenvalue weighted by molar-refractivity contribution is -0.135. The van der Waals surface area contributed by atoms with Crippen LogP contribution in [0.15, 0.2) is 53.1 Å². The molecule has 2 aliphatic rings. The molecule has 0 bridgehead atoms. The van der Waals surface area contributed by atoms with Crippen LogP contribution in [-0.2, 0) is 16.0 Å². The van der Waals surface area contributed by atoms with Crippen LogP contribution < -0.4 is 5.32 Å². The van der Waals surface area contributed by atoms with Gasteiger partial charge in [-0.15, -0.1) is 0 Å². The molecule has 2 saturated heterocycles. The fourth-order valence-electron chi connectivity index (χ4n) is 4.59. The monoisotopic (exact) mass is 409 g/mol. The molecule has 0 spiro atoms. The highest BCUT2D eigenvalue weighted by atomic mass is 16.3. The number of carbonyl (C=O) groups excluding carboxylic acids is 2. The van der Waals surface area contributed by atoms with E-state index >= 15 is 0 Å². The molecule has 1 N–H and O–H groups in total. The first kappa shape index (κ1) is 20.7. The molecule has 1 aromatic heterocycles. The maximum absolute atomic E-state index is 12.9. The lowest BCUT2D eigenvalue weighted by Gasteiger charge is -2.33. The second kappa shape index (κ2) is 9.94. The molecule has 6 heteroatoms. The van der Waals surface area contributed by atoms with Gasteiger partial charge in [-0.3, -0.25) is 14.5 Å². The minimum atomic E-state index is -0.144. The third-order valence-electron chi connectivity index (χ3n) is 6.27. The molecule has 0 aliphatic carbocycles. The van der Waals surface area contributed by atoms with Crippen molar-refractivity contribution in [2.24, 2.45) is 5.92 Å². The van der Waals surface area contributed by atoms with Crippen molar-refractivity contribution in [3.8, 4) is 0 Å². The number of furan rings is 1. The van der Waals surface area contributed by atoms with Gasteiger partial charge in [-0.25, -0.2) is 0 Å². The summed E-state index contributed by atoms with van der Waals surface area (Å²) in [6.07, 6.45) is 6.16. The van der Waals surface area contributed by atoms with E-state index in [4.69, 9.17) is 4.42 Å². The summed E-state index contributed by atoms with van der Waals surface area (Å²) >= 11 is 0. The molecular formula is C24H31N3O3. The van der Waals surface area contributed by atoms with E-state index in [-0.39, 0.29) is 23.8 Å². The number of hydrogen-bond acceptors (Lipinski definition) is 4. The van der Waals surface area contributed by atoms with Crippen LogP contribution in [0.3, 0.4) is 0 Å². The quantitative estimate of drug-likeness (QED) is 0.763. The van der Waals surface area contributed by atoms with Crippen LogP contribution in [0, 0.1) is 5.92 Å². The normalized spacial score (nSPS) is 20.8. The largest absolute Gasteiger partial charge is 0.468 e. The van der Waals surface area contributed by atoms with Gasteiger partial charge < -0.3 is 14.6 Å². The molecule has 4 rings (SSSR count). The van der Waals surface area contributed by atoms with Crippen molar-refractivity contribution in [1.82, 2.24) is 15.1 Å². The van der Waals surface area contributed by atoms with Gasteiger partial charge in [0.1, 0.15) is 5.76 Å². The summed E-state index contributed by atoms with van der Waals surface area (Å²) in [5.74, 6) is 0.905. The highest BCUT2D eigenvalue weighted by Gasteiger charge is 2.30. The Morgan fingerprint density at radius 2 is 1.83 bits per heavy atom. The number of nitrogens with one attached hydrogen (secondary N) is 1. The van der Waals surface area contributed by atoms with Crippen molar-refractivity contribution in [1.29, 1.82) is 0 Å². The summed E-state index contributed by atoms with van der Waals surface area (Å²) in [4.78, 5) is 29.9. The van der Waals surface area contributed by atoms with E-state index in [1.54, 1.807) is 6.26 Å². The standard InChI is InChI=1S/C24H31N3O3/c28-23(16-19-8-2-1-3-9-19)27-14-6-10-20(18-27)24(29)25-17-21(22-11-7-15-30-22)26-12-4-5-13-26/h1-3,7-9,11,15,20-21H,4-6,10,12-14,16-18H2,(H,25,29)/t20-,21-/m0/s1. The lowest BCUT2D eigenvalue weighted by atomic mass is 9.96. The summed E-state index contributed by atoms with van der Waals surface area (Å²) in [5, 5.41) is 3.15. The summed E-state index contributed by atoms with van der Waals surface area (Å²) in [7, 11) is 0. The highest BCUT2D eigenvalue weighted by Crippen LogP contribution is 2.25. The van der Waals surface area contributed by atoms with Crippen LogP contribution in [0.1, 0.15) is 43.0 Å². The van der Waals surface area contributed by atoms with Gasteiger partial charge in [0.05, 0.1) is 24.6 Å². The first-order valence-electron chi connectivity index (χ1n) is 11.1. The average Bonchev–Trinajstić information content (AvgIpc) is 3.50. The zero-order valence-electron chi connectivity index (χ0n) is 17.5. The van der Waals surface area contributed by atoms with Crippen LogP contribution in [0.4, 0.5) is 0 Å². The van der Waals surface area contributed by atoms with Crippen LogP contribution in [0.2, 0.25) is 0 Å². The fourth-order valence-corrected chi connectivity index (χ4v) is 4.59. The Morgan fingerprint density at radius 3 is 2.57 bits per heavy atom. The second-order valence-electron chi connectivity index (χ2n) is 8.36. The second-order valence-corrected chi connectivity index (χ2v) is 8.36. The van der Waals surface area contributed by atoms with Crippen molar-refractivity contribution in [3.05, 3.63) is 60.1 Å². The summed E-state index contributed by atoms with van der Waals surface area (Å²) in [6.45, 7) is 3.85. The van der Waals surface area contributed by atoms with Crippen LogP contribution >= 0.6 is 0 Å². The molecule has 1 aromatic carbocycles. The molecule has 30 heavy (non-hydrogen) atoms. The zero-order valence-corrected chi connectivity index (χ0v) is 17.5. The zero-order chi connectivity index (χ0) is 20.8. The maximum atomic E-state index is 12.9. The van der Waals surface area contributed by atoms with Crippen molar-refractivity contribution in [2.45, 2.75) is 38.1 Å². The molecular weight excluding hydrogens is 378 g/mol. The van der Waals surface area contributed by atoms with Gasteiger partial charge >= 0.3 is 0 Å². The van der Waals surface area contributed by atoms with E-state index in [1.165, 1.54) is 12.8 Å². The number of amides is 2. The smallest absolute Gasteiger partial charge is 0.227 e. The number of piperidine rings is 1. The predicted molar refractivity (Wildman–Crippen MR) is 115 cm³/mol. The Balaban J connectivity index is 1.32. The molecule has 0 radical (unpaired) electrons. The number of benzene rings is 1. The van der Waals surface area contributed by atoms with Crippen molar-refractivity contribution < 1.29 is 14.0 Å². The van der Waals surface area contributed by atoms with Crippen LogP contribution in [-0.4, -0.2) is 54.3 Å². The summed E-state index contributed by atoms with van der Waals surface area (Å²) in [6, 6.07) is 13.8.